The lowest BCUT2D eigenvalue weighted by Gasteiger charge is -2.02. The van der Waals surface area contributed by atoms with Crippen LogP contribution < -0.4 is 5.73 Å². The van der Waals surface area contributed by atoms with Crippen LogP contribution in [0.3, 0.4) is 0 Å². The number of furan rings is 1. The van der Waals surface area contributed by atoms with Crippen molar-refractivity contribution < 1.29 is 8.81 Å². The van der Waals surface area contributed by atoms with E-state index in [1.807, 2.05) is 13.0 Å². The van der Waals surface area contributed by atoms with E-state index in [2.05, 4.69) is 0 Å². The molecule has 0 saturated heterocycles. The second-order valence-electron chi connectivity index (χ2n) is 4.07. The molecule has 0 aliphatic heterocycles. The number of rotatable bonds is 3. The molecule has 1 unspecified atom stereocenters. The van der Waals surface area contributed by atoms with Crippen molar-refractivity contribution in [2.75, 3.05) is 0 Å². The summed E-state index contributed by atoms with van der Waals surface area (Å²) in [5.74, 6) is 0.995. The van der Waals surface area contributed by atoms with E-state index in [1.165, 1.54) is 18.2 Å². The van der Waals surface area contributed by atoms with Gasteiger partial charge in [-0.25, -0.2) is 4.39 Å². The zero-order chi connectivity index (χ0) is 12.4. The fourth-order valence-corrected chi connectivity index (χ4v) is 1.85. The van der Waals surface area contributed by atoms with E-state index in [0.717, 1.165) is 5.76 Å². The van der Waals surface area contributed by atoms with E-state index in [0.29, 0.717) is 22.8 Å². The van der Waals surface area contributed by atoms with Crippen molar-refractivity contribution in [2.24, 2.45) is 5.73 Å². The molecule has 0 spiro atoms. The summed E-state index contributed by atoms with van der Waals surface area (Å²) in [6, 6.07) is 7.82. The van der Waals surface area contributed by atoms with E-state index in [1.54, 1.807) is 6.07 Å². The maximum Gasteiger partial charge on any atom is 0.135 e. The zero-order valence-electron chi connectivity index (χ0n) is 9.41. The van der Waals surface area contributed by atoms with Gasteiger partial charge in [0.15, 0.2) is 0 Å². The molecule has 0 aliphatic carbocycles. The first-order chi connectivity index (χ1) is 8.06. The predicted octanol–water partition coefficient (Wildman–Crippen LogP) is 3.63. The molecular weight excluding hydrogens is 241 g/mol. The molecule has 1 aromatic carbocycles. The van der Waals surface area contributed by atoms with Crippen LogP contribution in [-0.4, -0.2) is 6.04 Å². The minimum atomic E-state index is -0.338. The van der Waals surface area contributed by atoms with Crippen molar-refractivity contribution in [2.45, 2.75) is 19.4 Å². The Kier molecular flexibility index (Phi) is 3.50. The molecule has 2 N–H and O–H groups in total. The van der Waals surface area contributed by atoms with E-state index in [9.17, 15) is 4.39 Å². The molecule has 0 amide bonds. The number of hydrogen-bond donors (Lipinski definition) is 1. The largest absolute Gasteiger partial charge is 0.461 e. The summed E-state index contributed by atoms with van der Waals surface area (Å²) in [6.07, 6.45) is 0.646. The summed E-state index contributed by atoms with van der Waals surface area (Å²) >= 11 is 5.99. The summed E-state index contributed by atoms with van der Waals surface area (Å²) in [7, 11) is 0. The van der Waals surface area contributed by atoms with Crippen molar-refractivity contribution in [3.8, 4) is 11.3 Å². The van der Waals surface area contributed by atoms with Crippen LogP contribution in [-0.2, 0) is 6.42 Å². The zero-order valence-corrected chi connectivity index (χ0v) is 10.2. The molecule has 2 nitrogen and oxygen atoms in total. The molecule has 0 saturated carbocycles. The monoisotopic (exact) mass is 253 g/mol. The van der Waals surface area contributed by atoms with Gasteiger partial charge in [-0.15, -0.1) is 0 Å². The second kappa shape index (κ2) is 4.90. The fourth-order valence-electron chi connectivity index (χ4n) is 1.64. The van der Waals surface area contributed by atoms with E-state index >= 15 is 0 Å². The summed E-state index contributed by atoms with van der Waals surface area (Å²) in [4.78, 5) is 0. The molecule has 1 aromatic heterocycles. The second-order valence-corrected chi connectivity index (χ2v) is 4.48. The van der Waals surface area contributed by atoms with Crippen LogP contribution in [0.2, 0.25) is 5.02 Å². The van der Waals surface area contributed by atoms with Gasteiger partial charge in [0, 0.05) is 18.0 Å². The summed E-state index contributed by atoms with van der Waals surface area (Å²) in [6.45, 7) is 1.90. The Balaban J connectivity index is 2.33. The van der Waals surface area contributed by atoms with Crippen molar-refractivity contribution in [1.29, 1.82) is 0 Å². The van der Waals surface area contributed by atoms with Crippen LogP contribution >= 0.6 is 11.6 Å². The number of hydrogen-bond acceptors (Lipinski definition) is 2. The van der Waals surface area contributed by atoms with Gasteiger partial charge in [0.2, 0.25) is 0 Å². The minimum absolute atomic E-state index is 0.0250. The number of benzene rings is 1. The lowest BCUT2D eigenvalue weighted by molar-refractivity contribution is 0.503. The van der Waals surface area contributed by atoms with Crippen LogP contribution in [0.4, 0.5) is 4.39 Å². The first kappa shape index (κ1) is 12.1. The topological polar surface area (TPSA) is 39.2 Å². The molecule has 4 heteroatoms. The highest BCUT2D eigenvalue weighted by Gasteiger charge is 2.10. The van der Waals surface area contributed by atoms with E-state index in [-0.39, 0.29) is 11.9 Å². The molecule has 2 aromatic rings. The smallest absolute Gasteiger partial charge is 0.135 e. The van der Waals surface area contributed by atoms with Gasteiger partial charge in [-0.05, 0) is 37.3 Å². The van der Waals surface area contributed by atoms with Gasteiger partial charge < -0.3 is 10.2 Å². The number of halogens is 2. The highest BCUT2D eigenvalue weighted by atomic mass is 35.5. The first-order valence-electron chi connectivity index (χ1n) is 5.36. The Morgan fingerprint density at radius 3 is 2.82 bits per heavy atom. The summed E-state index contributed by atoms with van der Waals surface area (Å²) in [5.41, 5.74) is 6.24. The van der Waals surface area contributed by atoms with Crippen LogP contribution in [0.5, 0.6) is 0 Å². The van der Waals surface area contributed by atoms with Gasteiger partial charge in [0.1, 0.15) is 17.3 Å². The van der Waals surface area contributed by atoms with Crippen molar-refractivity contribution >= 4 is 11.6 Å². The highest BCUT2D eigenvalue weighted by molar-refractivity contribution is 6.33. The Morgan fingerprint density at radius 2 is 2.12 bits per heavy atom. The minimum Gasteiger partial charge on any atom is -0.461 e. The third-order valence-corrected chi connectivity index (χ3v) is 2.71. The van der Waals surface area contributed by atoms with Gasteiger partial charge in [0.25, 0.3) is 0 Å². The maximum absolute atomic E-state index is 13.1. The summed E-state index contributed by atoms with van der Waals surface area (Å²) in [5, 5.41) is 0.466. The van der Waals surface area contributed by atoms with E-state index in [4.69, 9.17) is 21.8 Å². The first-order valence-corrected chi connectivity index (χ1v) is 5.74. The average Bonchev–Trinajstić information content (AvgIpc) is 2.69. The molecule has 0 radical (unpaired) electrons. The lowest BCUT2D eigenvalue weighted by atomic mass is 10.1. The Morgan fingerprint density at radius 1 is 1.35 bits per heavy atom. The van der Waals surface area contributed by atoms with Gasteiger partial charge in [0.05, 0.1) is 5.02 Å². The molecule has 1 atom stereocenters. The number of nitrogens with two attached hydrogens (primary N) is 1. The molecule has 17 heavy (non-hydrogen) atoms. The van der Waals surface area contributed by atoms with Gasteiger partial charge in [-0.3, -0.25) is 0 Å². The third kappa shape index (κ3) is 2.87. The van der Waals surface area contributed by atoms with Crippen LogP contribution in [0.25, 0.3) is 11.3 Å². The van der Waals surface area contributed by atoms with Gasteiger partial charge >= 0.3 is 0 Å². The van der Waals surface area contributed by atoms with Crippen molar-refractivity contribution in [3.63, 3.8) is 0 Å². The standard InChI is InChI=1S/C13H13ClFNO/c1-8(16)6-10-3-5-13(17-10)11-7-9(15)2-4-12(11)14/h2-5,7-8H,6,16H2,1H3. The molecule has 1 heterocycles. The molecule has 90 valence electrons. The van der Waals surface area contributed by atoms with E-state index < -0.39 is 0 Å². The quantitative estimate of drug-likeness (QED) is 0.907. The van der Waals surface area contributed by atoms with Crippen LogP contribution in [0.15, 0.2) is 34.7 Å². The third-order valence-electron chi connectivity index (χ3n) is 2.38. The molecular formula is C13H13ClFNO. The summed E-state index contributed by atoms with van der Waals surface area (Å²) < 4.78 is 18.7. The van der Waals surface area contributed by atoms with Gasteiger partial charge in [-0.1, -0.05) is 11.6 Å². The lowest BCUT2D eigenvalue weighted by Crippen LogP contribution is -2.17. The SMILES string of the molecule is CC(N)Cc1ccc(-c2cc(F)ccc2Cl)o1. The highest BCUT2D eigenvalue weighted by Crippen LogP contribution is 2.30. The Labute approximate surface area is 104 Å². The Hall–Kier alpha value is -1.32. The normalized spacial score (nSPS) is 12.7. The Bertz CT molecular complexity index is 522. The van der Waals surface area contributed by atoms with Crippen LogP contribution in [0, 0.1) is 5.82 Å². The van der Waals surface area contributed by atoms with Crippen molar-refractivity contribution in [1.82, 2.24) is 0 Å². The predicted molar refractivity (Wildman–Crippen MR) is 66.5 cm³/mol. The molecule has 2 rings (SSSR count). The maximum atomic E-state index is 13.1. The fraction of sp³-hybridized carbons (Fsp3) is 0.231. The van der Waals surface area contributed by atoms with Crippen molar-refractivity contribution in [3.05, 3.63) is 46.9 Å². The van der Waals surface area contributed by atoms with Gasteiger partial charge in [-0.2, -0.15) is 0 Å². The van der Waals surface area contributed by atoms with Crippen LogP contribution in [0.1, 0.15) is 12.7 Å². The molecule has 0 fully saturated rings. The average molecular weight is 254 g/mol. The molecule has 0 bridgehead atoms. The molecule has 0 aliphatic rings.